The molecule has 6 rings (SSSR count). The highest BCUT2D eigenvalue weighted by Gasteiger charge is 2.45. The number of rotatable bonds is 4. The van der Waals surface area contributed by atoms with Crippen LogP contribution in [0, 0.1) is 5.82 Å². The first kappa shape index (κ1) is 24.4. The number of benzene rings is 2. The van der Waals surface area contributed by atoms with Gasteiger partial charge in [0.2, 0.25) is 5.88 Å². The van der Waals surface area contributed by atoms with Crippen molar-refractivity contribution in [3.05, 3.63) is 77.0 Å². The summed E-state index contributed by atoms with van der Waals surface area (Å²) in [6, 6.07) is 8.65. The zero-order chi connectivity index (χ0) is 26.3. The molecule has 0 saturated carbocycles. The van der Waals surface area contributed by atoms with Crippen molar-refractivity contribution in [1.29, 1.82) is 0 Å². The number of carbonyl (C=O) groups is 1. The van der Waals surface area contributed by atoms with Gasteiger partial charge in [-0.1, -0.05) is 17.8 Å². The summed E-state index contributed by atoms with van der Waals surface area (Å²) in [5, 5.41) is 3.27. The number of amides is 1. The van der Waals surface area contributed by atoms with Crippen LogP contribution in [0.4, 0.5) is 10.1 Å². The number of thioether (sulfide) groups is 1. The molecule has 38 heavy (non-hydrogen) atoms. The van der Waals surface area contributed by atoms with Gasteiger partial charge in [0.25, 0.3) is 5.91 Å². The summed E-state index contributed by atoms with van der Waals surface area (Å²) >= 11 is 1.46. The van der Waals surface area contributed by atoms with E-state index in [-0.39, 0.29) is 11.4 Å². The highest BCUT2D eigenvalue weighted by Crippen LogP contribution is 2.54. The van der Waals surface area contributed by atoms with E-state index < -0.39 is 17.3 Å². The lowest BCUT2D eigenvalue weighted by atomic mass is 9.77. The van der Waals surface area contributed by atoms with Crippen molar-refractivity contribution in [2.75, 3.05) is 31.4 Å². The maximum Gasteiger partial charge on any atom is 0.275 e. The highest BCUT2D eigenvalue weighted by molar-refractivity contribution is 8.13. The van der Waals surface area contributed by atoms with Crippen LogP contribution >= 0.6 is 11.8 Å². The van der Waals surface area contributed by atoms with Crippen LogP contribution in [0.3, 0.4) is 0 Å². The fourth-order valence-electron chi connectivity index (χ4n) is 4.96. The summed E-state index contributed by atoms with van der Waals surface area (Å²) in [5.41, 5.74) is 9.01. The van der Waals surface area contributed by atoms with E-state index in [9.17, 15) is 4.79 Å². The number of halogens is 1. The summed E-state index contributed by atoms with van der Waals surface area (Å²) in [5.74, 6) is 0.699. The summed E-state index contributed by atoms with van der Waals surface area (Å²) in [7, 11) is 1.47. The Hall–Kier alpha value is -3.96. The van der Waals surface area contributed by atoms with Gasteiger partial charge in [-0.15, -0.1) is 0 Å². The quantitative estimate of drug-likeness (QED) is 0.504. The van der Waals surface area contributed by atoms with Gasteiger partial charge in [-0.3, -0.25) is 4.79 Å². The average Bonchev–Trinajstić information content (AvgIpc) is 2.94. The molecule has 3 N–H and O–H groups in total. The molecule has 0 bridgehead atoms. The molecule has 9 nitrogen and oxygen atoms in total. The smallest absolute Gasteiger partial charge is 0.275 e. The Morgan fingerprint density at radius 3 is 2.84 bits per heavy atom. The molecule has 0 radical (unpaired) electrons. The minimum absolute atomic E-state index is 0.132. The number of fused-ring (bicyclic) bond motifs is 4. The van der Waals surface area contributed by atoms with Crippen LogP contribution in [0.1, 0.15) is 40.0 Å². The minimum atomic E-state index is -0.971. The minimum Gasteiger partial charge on any atom is -0.480 e. The molecule has 194 valence electrons. The van der Waals surface area contributed by atoms with Gasteiger partial charge in [-0.05, 0) is 54.3 Å². The summed E-state index contributed by atoms with van der Waals surface area (Å²) in [6.07, 6.45) is 5.95. The van der Waals surface area contributed by atoms with Crippen LogP contribution in [-0.2, 0) is 10.3 Å². The van der Waals surface area contributed by atoms with Gasteiger partial charge in [0.05, 0.1) is 32.7 Å². The summed E-state index contributed by atoms with van der Waals surface area (Å²) in [4.78, 5) is 25.9. The van der Waals surface area contributed by atoms with E-state index in [0.717, 1.165) is 11.1 Å². The average molecular weight is 534 g/mol. The van der Waals surface area contributed by atoms with E-state index in [0.29, 0.717) is 65.4 Å². The fraction of sp³-hybridized carbons (Fsp3) is 0.259. The Bertz CT molecular complexity index is 1490. The zero-order valence-electron chi connectivity index (χ0n) is 20.5. The van der Waals surface area contributed by atoms with Gasteiger partial charge in [0.1, 0.15) is 17.0 Å². The number of hydrogen-bond acceptors (Lipinski definition) is 9. The van der Waals surface area contributed by atoms with Crippen LogP contribution in [0.15, 0.2) is 53.8 Å². The number of amidine groups is 1. The summed E-state index contributed by atoms with van der Waals surface area (Å²) in [6.45, 7) is 1.07. The second-order valence-electron chi connectivity index (χ2n) is 9.01. The number of aliphatic imine (C=N–C) groups is 1. The third-order valence-electron chi connectivity index (χ3n) is 6.80. The first-order valence-corrected chi connectivity index (χ1v) is 13.0. The van der Waals surface area contributed by atoms with Crippen molar-refractivity contribution in [1.82, 2.24) is 9.97 Å². The van der Waals surface area contributed by atoms with Gasteiger partial charge >= 0.3 is 0 Å². The SMILES string of the molecule is COc1cnc(C(=O)Nc2ccc3c(c2)C2(CCSC(N)=N2)c2cc(C4=CCOCC4)cc(F)c2O3)cn1. The molecule has 1 aromatic heterocycles. The molecule has 0 aliphatic carbocycles. The second-order valence-corrected chi connectivity index (χ2v) is 10.1. The Balaban J connectivity index is 1.43. The van der Waals surface area contributed by atoms with Crippen molar-refractivity contribution in [3.63, 3.8) is 0 Å². The number of nitrogens with zero attached hydrogens (tertiary/aromatic N) is 3. The van der Waals surface area contributed by atoms with Gasteiger partial charge in [0.15, 0.2) is 16.7 Å². The molecule has 1 atom stereocenters. The van der Waals surface area contributed by atoms with Crippen LogP contribution in [0.5, 0.6) is 17.4 Å². The van der Waals surface area contributed by atoms with Gasteiger partial charge in [-0.2, -0.15) is 0 Å². The van der Waals surface area contributed by atoms with Gasteiger partial charge in [0, 0.05) is 22.6 Å². The molecule has 0 fully saturated rings. The predicted octanol–water partition coefficient (Wildman–Crippen LogP) is 4.48. The number of anilines is 1. The number of methoxy groups -OCH3 is 1. The maximum absolute atomic E-state index is 15.6. The first-order chi connectivity index (χ1) is 18.5. The van der Waals surface area contributed by atoms with Crippen LogP contribution in [0.2, 0.25) is 0 Å². The van der Waals surface area contributed by atoms with Crippen molar-refractivity contribution >= 4 is 34.1 Å². The largest absolute Gasteiger partial charge is 0.480 e. The molecule has 3 aliphatic heterocycles. The molecule has 1 spiro atoms. The van der Waals surface area contributed by atoms with E-state index in [1.165, 1.54) is 37.3 Å². The second kappa shape index (κ2) is 9.73. The molecule has 0 saturated heterocycles. The van der Waals surface area contributed by atoms with E-state index in [1.54, 1.807) is 18.2 Å². The number of ether oxygens (including phenoxy) is 3. The van der Waals surface area contributed by atoms with Crippen LogP contribution < -0.4 is 20.5 Å². The van der Waals surface area contributed by atoms with Gasteiger partial charge < -0.3 is 25.3 Å². The number of carbonyl (C=O) groups excluding carboxylic acids is 1. The Kier molecular flexibility index (Phi) is 6.24. The molecule has 3 aliphatic rings. The molecule has 1 amide bonds. The van der Waals surface area contributed by atoms with Gasteiger partial charge in [-0.25, -0.2) is 19.4 Å². The van der Waals surface area contributed by atoms with E-state index in [4.69, 9.17) is 24.9 Å². The Morgan fingerprint density at radius 2 is 2.11 bits per heavy atom. The lowest BCUT2D eigenvalue weighted by Gasteiger charge is -2.40. The van der Waals surface area contributed by atoms with E-state index in [2.05, 4.69) is 15.3 Å². The molecule has 2 aromatic carbocycles. The first-order valence-electron chi connectivity index (χ1n) is 12.1. The number of hydrogen-bond donors (Lipinski definition) is 2. The van der Waals surface area contributed by atoms with Crippen molar-refractivity contribution in [2.45, 2.75) is 18.4 Å². The van der Waals surface area contributed by atoms with E-state index >= 15 is 4.39 Å². The van der Waals surface area contributed by atoms with Crippen LogP contribution in [0.25, 0.3) is 5.57 Å². The monoisotopic (exact) mass is 533 g/mol. The molecular formula is C27H24FN5O4S. The number of nitrogens with one attached hydrogen (secondary N) is 1. The lowest BCUT2D eigenvalue weighted by Crippen LogP contribution is -2.36. The molecular weight excluding hydrogens is 509 g/mol. The number of aromatic nitrogens is 2. The molecule has 4 heterocycles. The Labute approximate surface area is 222 Å². The normalized spacial score (nSPS) is 19.9. The van der Waals surface area contributed by atoms with Crippen LogP contribution in [-0.4, -0.2) is 47.1 Å². The zero-order valence-corrected chi connectivity index (χ0v) is 21.3. The Morgan fingerprint density at radius 1 is 1.21 bits per heavy atom. The summed E-state index contributed by atoms with van der Waals surface area (Å²) < 4.78 is 32.1. The van der Waals surface area contributed by atoms with Crippen molar-refractivity contribution in [3.8, 4) is 17.4 Å². The maximum atomic E-state index is 15.6. The molecule has 11 heteroatoms. The topological polar surface area (TPSA) is 121 Å². The highest BCUT2D eigenvalue weighted by atomic mass is 32.2. The lowest BCUT2D eigenvalue weighted by molar-refractivity contribution is 0.102. The third kappa shape index (κ3) is 4.27. The fourth-order valence-corrected chi connectivity index (χ4v) is 5.78. The number of nitrogens with two attached hydrogens (primary N) is 1. The molecule has 1 unspecified atom stereocenters. The van der Waals surface area contributed by atoms with E-state index in [1.807, 2.05) is 12.1 Å². The predicted molar refractivity (Wildman–Crippen MR) is 142 cm³/mol. The third-order valence-corrected chi connectivity index (χ3v) is 7.60. The van der Waals surface area contributed by atoms with Crippen molar-refractivity contribution < 1.29 is 23.4 Å². The molecule has 3 aromatic rings. The standard InChI is InChI=1S/C27H24FN5O4S/c1-35-23-14-30-21(13-31-23)25(34)32-17-2-3-22-18(12-17)27(6-9-38-26(29)33-27)19-10-16(11-20(28)24(19)37-22)15-4-7-36-8-5-15/h2-4,10-14H,5-9H2,1H3,(H2,29,33)(H,32,34). The van der Waals surface area contributed by atoms with Crippen molar-refractivity contribution in [2.24, 2.45) is 10.7 Å².